The molecule has 2 heterocycles. The first-order chi connectivity index (χ1) is 15.1. The van der Waals surface area contributed by atoms with Crippen molar-refractivity contribution >= 4 is 8.32 Å². The average molecular weight is 461 g/mol. The second kappa shape index (κ2) is 10.7. The van der Waals surface area contributed by atoms with E-state index in [9.17, 15) is 0 Å². The minimum atomic E-state index is -1.92. The van der Waals surface area contributed by atoms with Crippen molar-refractivity contribution in [2.75, 3.05) is 13.7 Å². The van der Waals surface area contributed by atoms with Gasteiger partial charge in [-0.2, -0.15) is 0 Å². The van der Waals surface area contributed by atoms with E-state index in [1.807, 2.05) is 43.3 Å². The first-order valence-electron chi connectivity index (χ1n) is 11.7. The Balaban J connectivity index is 1.72. The Bertz CT molecular complexity index is 780. The third-order valence-corrected chi connectivity index (χ3v) is 11.3. The van der Waals surface area contributed by atoms with E-state index in [2.05, 4.69) is 46.0 Å². The summed E-state index contributed by atoms with van der Waals surface area (Å²) in [6, 6.07) is 7.85. The van der Waals surface area contributed by atoms with Crippen LogP contribution in [-0.4, -0.2) is 46.4 Å². The van der Waals surface area contributed by atoms with E-state index in [1.54, 1.807) is 7.11 Å². The number of ether oxygens (including phenoxy) is 4. The fourth-order valence-corrected chi connectivity index (χ4v) is 5.18. The first kappa shape index (κ1) is 25.2. The number of hydrogen-bond acceptors (Lipinski definition) is 5. The van der Waals surface area contributed by atoms with Crippen LogP contribution in [0.15, 0.2) is 48.6 Å². The van der Waals surface area contributed by atoms with Crippen LogP contribution in [0.2, 0.25) is 18.1 Å². The third kappa shape index (κ3) is 6.11. The number of allylic oxidation sites excluding steroid dienone is 3. The molecule has 0 aromatic heterocycles. The van der Waals surface area contributed by atoms with Gasteiger partial charge in [0.2, 0.25) is 0 Å². The summed E-state index contributed by atoms with van der Waals surface area (Å²) in [5.74, 6) is 0.821. The highest BCUT2D eigenvalue weighted by molar-refractivity contribution is 6.74. The smallest absolute Gasteiger partial charge is 0.192 e. The Hall–Kier alpha value is -1.44. The molecule has 1 aromatic rings. The second-order valence-electron chi connectivity index (χ2n) is 10.1. The van der Waals surface area contributed by atoms with Crippen LogP contribution >= 0.6 is 0 Å². The van der Waals surface area contributed by atoms with Gasteiger partial charge in [0.1, 0.15) is 11.9 Å². The first-order valence-corrected chi connectivity index (χ1v) is 14.6. The summed E-state index contributed by atoms with van der Waals surface area (Å²) in [6.07, 6.45) is 9.41. The highest BCUT2D eigenvalue weighted by Gasteiger charge is 2.46. The lowest BCUT2D eigenvalue weighted by molar-refractivity contribution is -0.239. The lowest BCUT2D eigenvalue weighted by Gasteiger charge is -2.39. The number of benzene rings is 1. The van der Waals surface area contributed by atoms with E-state index in [0.29, 0.717) is 6.61 Å². The van der Waals surface area contributed by atoms with E-state index < -0.39 is 8.32 Å². The van der Waals surface area contributed by atoms with Gasteiger partial charge >= 0.3 is 0 Å². The van der Waals surface area contributed by atoms with Gasteiger partial charge in [0, 0.05) is 12.0 Å². The maximum absolute atomic E-state index is 6.80. The van der Waals surface area contributed by atoms with E-state index in [1.165, 1.54) is 0 Å². The maximum Gasteiger partial charge on any atom is 0.192 e. The molecule has 2 saturated heterocycles. The molecule has 0 N–H and O–H groups in total. The van der Waals surface area contributed by atoms with Crippen molar-refractivity contribution in [3.05, 3.63) is 54.1 Å². The zero-order valence-corrected chi connectivity index (χ0v) is 21.7. The molecule has 0 aliphatic carbocycles. The summed E-state index contributed by atoms with van der Waals surface area (Å²) >= 11 is 0. The largest absolute Gasteiger partial charge is 0.497 e. The summed E-state index contributed by atoms with van der Waals surface area (Å²) in [5.41, 5.74) is 0.993. The fraction of sp³-hybridized carbons (Fsp3) is 0.615. The molecular weight excluding hydrogens is 420 g/mol. The minimum absolute atomic E-state index is 0.0188. The quantitative estimate of drug-likeness (QED) is 0.359. The molecule has 0 spiro atoms. The van der Waals surface area contributed by atoms with Crippen LogP contribution in [0.4, 0.5) is 0 Å². The van der Waals surface area contributed by atoms with Crippen LogP contribution in [0, 0.1) is 0 Å². The lowest BCUT2D eigenvalue weighted by Crippen LogP contribution is -2.45. The molecule has 0 amide bonds. The van der Waals surface area contributed by atoms with Crippen LogP contribution in [-0.2, 0) is 18.6 Å². The number of methoxy groups -OCH3 is 1. The molecule has 5 atom stereocenters. The monoisotopic (exact) mass is 460 g/mol. The second-order valence-corrected chi connectivity index (χ2v) is 14.9. The molecule has 0 radical (unpaired) electrons. The Kier molecular flexibility index (Phi) is 8.39. The normalized spacial score (nSPS) is 29.8. The maximum atomic E-state index is 6.80. The van der Waals surface area contributed by atoms with Crippen molar-refractivity contribution < 1.29 is 23.4 Å². The Morgan fingerprint density at radius 3 is 2.38 bits per heavy atom. The highest BCUT2D eigenvalue weighted by Crippen LogP contribution is 2.41. The highest BCUT2D eigenvalue weighted by atomic mass is 28.4. The molecule has 178 valence electrons. The molecule has 2 fully saturated rings. The van der Waals surface area contributed by atoms with Crippen molar-refractivity contribution in [1.29, 1.82) is 0 Å². The average Bonchev–Trinajstić information content (AvgIpc) is 3.15. The van der Waals surface area contributed by atoms with Crippen LogP contribution in [0.25, 0.3) is 0 Å². The van der Waals surface area contributed by atoms with Crippen LogP contribution in [0.3, 0.4) is 0 Å². The van der Waals surface area contributed by atoms with Crippen LogP contribution in [0.5, 0.6) is 5.75 Å². The molecule has 3 rings (SSSR count). The third-order valence-electron chi connectivity index (χ3n) is 6.79. The summed E-state index contributed by atoms with van der Waals surface area (Å²) in [4.78, 5) is 0. The van der Waals surface area contributed by atoms with Gasteiger partial charge in [-0.1, -0.05) is 57.2 Å². The van der Waals surface area contributed by atoms with Crippen LogP contribution < -0.4 is 4.74 Å². The zero-order valence-electron chi connectivity index (χ0n) is 20.7. The summed E-state index contributed by atoms with van der Waals surface area (Å²) in [5, 5.41) is 0.150. The topological polar surface area (TPSA) is 46.2 Å². The predicted octanol–water partition coefficient (Wildman–Crippen LogP) is 6.18. The van der Waals surface area contributed by atoms with E-state index in [4.69, 9.17) is 23.4 Å². The molecular formula is C26H40O5Si. The summed E-state index contributed by atoms with van der Waals surface area (Å²) < 4.78 is 30.9. The predicted molar refractivity (Wildman–Crippen MR) is 130 cm³/mol. The molecule has 0 saturated carbocycles. The van der Waals surface area contributed by atoms with Crippen molar-refractivity contribution in [2.45, 2.75) is 89.4 Å². The van der Waals surface area contributed by atoms with Gasteiger partial charge < -0.3 is 23.4 Å². The van der Waals surface area contributed by atoms with E-state index >= 15 is 0 Å². The Morgan fingerprint density at radius 2 is 1.75 bits per heavy atom. The van der Waals surface area contributed by atoms with Crippen molar-refractivity contribution in [3.63, 3.8) is 0 Å². The summed E-state index contributed by atoms with van der Waals surface area (Å²) in [6.45, 7) is 14.1. The van der Waals surface area contributed by atoms with Crippen LogP contribution in [0.1, 0.15) is 52.4 Å². The molecule has 0 bridgehead atoms. The lowest BCUT2D eigenvalue weighted by atomic mass is 10.0. The molecule has 1 aromatic carbocycles. The molecule has 0 unspecified atom stereocenters. The Labute approximate surface area is 194 Å². The molecule has 2 aliphatic heterocycles. The van der Waals surface area contributed by atoms with Crippen molar-refractivity contribution in [3.8, 4) is 5.75 Å². The van der Waals surface area contributed by atoms with Gasteiger partial charge in [-0.3, -0.25) is 0 Å². The Morgan fingerprint density at radius 1 is 1.03 bits per heavy atom. The standard InChI is InChI=1S/C26H40O5Si/c1-8-9-10-11-21-24(31-32(6,7)26(2,3)4)18-23(29-21)22-16-17-28-25(30-22)19-12-14-20(27-5)15-13-19/h8-15,21-25H,16-18H2,1-7H3/b9-8+,11-10-/t21-,22+,23+,24+,25+/m1/s1. The van der Waals surface area contributed by atoms with Gasteiger partial charge in [-0.05, 0) is 43.6 Å². The van der Waals surface area contributed by atoms with Gasteiger partial charge in [-0.25, -0.2) is 0 Å². The van der Waals surface area contributed by atoms with Crippen molar-refractivity contribution in [2.24, 2.45) is 0 Å². The van der Waals surface area contributed by atoms with E-state index in [0.717, 1.165) is 24.2 Å². The van der Waals surface area contributed by atoms with Gasteiger partial charge in [0.25, 0.3) is 0 Å². The molecule has 32 heavy (non-hydrogen) atoms. The van der Waals surface area contributed by atoms with E-state index in [-0.39, 0.29) is 35.7 Å². The molecule has 2 aliphatic rings. The zero-order chi connectivity index (χ0) is 23.4. The molecule has 5 nitrogen and oxygen atoms in total. The van der Waals surface area contributed by atoms with Gasteiger partial charge in [0.15, 0.2) is 14.6 Å². The number of hydrogen-bond donors (Lipinski definition) is 0. The fourth-order valence-electron chi connectivity index (χ4n) is 3.84. The number of rotatable bonds is 7. The minimum Gasteiger partial charge on any atom is -0.497 e. The van der Waals surface area contributed by atoms with Gasteiger partial charge in [-0.15, -0.1) is 0 Å². The SMILES string of the molecule is C/C=C/C=C\[C@H]1O[C@H]([C@@H]2CCO[C@H](c3ccc(OC)cc3)O2)C[C@@H]1O[Si](C)(C)C(C)(C)C. The van der Waals surface area contributed by atoms with Gasteiger partial charge in [0.05, 0.1) is 32.0 Å². The summed E-state index contributed by atoms with van der Waals surface area (Å²) in [7, 11) is -0.257. The van der Waals surface area contributed by atoms with Crippen molar-refractivity contribution in [1.82, 2.24) is 0 Å². The molecule has 6 heteroatoms.